The molecular formula is C27H40ClNO7. The lowest BCUT2D eigenvalue weighted by Gasteiger charge is -2.34. The normalized spacial score (nSPS) is 16.7. The van der Waals surface area contributed by atoms with Crippen LogP contribution in [0.5, 0.6) is 5.75 Å². The highest BCUT2D eigenvalue weighted by atomic mass is 35.5. The molecule has 0 radical (unpaired) electrons. The van der Waals surface area contributed by atoms with E-state index in [0.717, 1.165) is 12.8 Å². The van der Waals surface area contributed by atoms with Gasteiger partial charge in [-0.05, 0) is 70.7 Å². The Bertz CT molecular complexity index is 860. The van der Waals surface area contributed by atoms with Crippen LogP contribution in [-0.2, 0) is 23.9 Å². The molecule has 0 heterocycles. The minimum atomic E-state index is -1.00. The van der Waals surface area contributed by atoms with Gasteiger partial charge in [-0.2, -0.15) is 0 Å². The van der Waals surface area contributed by atoms with Gasteiger partial charge in [0.15, 0.2) is 0 Å². The van der Waals surface area contributed by atoms with E-state index in [9.17, 15) is 19.5 Å². The summed E-state index contributed by atoms with van der Waals surface area (Å²) in [6.45, 7) is 6.07. The lowest BCUT2D eigenvalue weighted by atomic mass is 9.75. The van der Waals surface area contributed by atoms with Crippen LogP contribution in [0.3, 0.4) is 0 Å². The van der Waals surface area contributed by atoms with Gasteiger partial charge in [0.25, 0.3) is 0 Å². The van der Waals surface area contributed by atoms with Crippen molar-refractivity contribution in [1.29, 1.82) is 0 Å². The fraction of sp³-hybridized carbons (Fsp3) is 0.667. The molecule has 2 rings (SSSR count). The average molecular weight is 526 g/mol. The summed E-state index contributed by atoms with van der Waals surface area (Å²) in [5, 5.41) is 13.0. The summed E-state index contributed by atoms with van der Waals surface area (Å²) in [7, 11) is 1.58. The van der Waals surface area contributed by atoms with Gasteiger partial charge < -0.3 is 24.6 Å². The molecule has 2 atom stereocenters. The third-order valence-corrected chi connectivity index (χ3v) is 6.65. The highest BCUT2D eigenvalue weighted by molar-refractivity contribution is 6.30. The monoisotopic (exact) mass is 525 g/mol. The van der Waals surface area contributed by atoms with Gasteiger partial charge >= 0.3 is 11.9 Å². The van der Waals surface area contributed by atoms with Crippen molar-refractivity contribution < 1.29 is 33.7 Å². The minimum absolute atomic E-state index is 0.205. The van der Waals surface area contributed by atoms with Crippen LogP contribution >= 0.6 is 11.6 Å². The Kier molecular flexibility index (Phi) is 11.5. The molecule has 1 fully saturated rings. The van der Waals surface area contributed by atoms with E-state index in [1.807, 2.05) is 20.8 Å². The molecule has 0 aliphatic heterocycles. The maximum Gasteiger partial charge on any atom is 0.309 e. The molecule has 0 bridgehead atoms. The third-order valence-electron chi connectivity index (χ3n) is 6.39. The highest BCUT2D eigenvalue weighted by Crippen LogP contribution is 2.44. The number of rotatable bonds is 14. The van der Waals surface area contributed by atoms with Crippen LogP contribution in [0.1, 0.15) is 72.1 Å². The summed E-state index contributed by atoms with van der Waals surface area (Å²) in [4.78, 5) is 38.1. The summed E-state index contributed by atoms with van der Waals surface area (Å²) >= 11 is 5.90. The van der Waals surface area contributed by atoms with E-state index in [4.69, 9.17) is 25.8 Å². The Balaban J connectivity index is 2.10. The Morgan fingerprint density at radius 3 is 2.28 bits per heavy atom. The summed E-state index contributed by atoms with van der Waals surface area (Å²) in [5.74, 6) is -1.41. The van der Waals surface area contributed by atoms with Gasteiger partial charge in [-0.15, -0.1) is 0 Å². The molecule has 1 amide bonds. The Hall–Kier alpha value is -2.32. The van der Waals surface area contributed by atoms with Gasteiger partial charge in [0.2, 0.25) is 5.91 Å². The van der Waals surface area contributed by atoms with Crippen molar-refractivity contribution in [3.8, 4) is 5.75 Å². The van der Waals surface area contributed by atoms with Gasteiger partial charge in [0, 0.05) is 31.2 Å². The zero-order valence-electron chi connectivity index (χ0n) is 21.8. The molecule has 1 aromatic carbocycles. The van der Waals surface area contributed by atoms with E-state index < -0.39 is 28.9 Å². The summed E-state index contributed by atoms with van der Waals surface area (Å²) in [6, 6.07) is 6.29. The SMILES string of the molecule is COCC[C@H](CC1(C(=O)N[C@H](CCOc2ccc(Cl)cc2)CC(=O)O)CCCC1)C(=O)OC(C)(C)C. The van der Waals surface area contributed by atoms with Gasteiger partial charge in [0.05, 0.1) is 24.4 Å². The zero-order chi connectivity index (χ0) is 26.8. The lowest BCUT2D eigenvalue weighted by Crippen LogP contribution is -2.47. The number of hydrogen-bond donors (Lipinski definition) is 2. The van der Waals surface area contributed by atoms with Gasteiger partial charge in [0.1, 0.15) is 11.4 Å². The molecule has 1 aliphatic rings. The molecule has 0 unspecified atom stereocenters. The van der Waals surface area contributed by atoms with Gasteiger partial charge in [-0.3, -0.25) is 14.4 Å². The molecular weight excluding hydrogens is 486 g/mol. The number of hydrogen-bond acceptors (Lipinski definition) is 6. The molecule has 2 N–H and O–H groups in total. The molecule has 8 nitrogen and oxygen atoms in total. The number of esters is 1. The molecule has 1 aliphatic carbocycles. The number of ether oxygens (including phenoxy) is 3. The van der Waals surface area contributed by atoms with Gasteiger partial charge in [-0.1, -0.05) is 24.4 Å². The number of carbonyl (C=O) groups excluding carboxylic acids is 2. The predicted octanol–water partition coefficient (Wildman–Crippen LogP) is 5.01. The second kappa shape index (κ2) is 13.8. The molecule has 36 heavy (non-hydrogen) atoms. The van der Waals surface area contributed by atoms with E-state index in [1.54, 1.807) is 31.4 Å². The largest absolute Gasteiger partial charge is 0.494 e. The van der Waals surface area contributed by atoms with Crippen molar-refractivity contribution in [1.82, 2.24) is 5.32 Å². The number of aliphatic carboxylic acids is 1. The second-order valence-corrected chi connectivity index (χ2v) is 11.0. The molecule has 9 heteroatoms. The smallest absolute Gasteiger partial charge is 0.309 e. The first-order valence-electron chi connectivity index (χ1n) is 12.6. The van der Waals surface area contributed by atoms with E-state index >= 15 is 0 Å². The Morgan fingerprint density at radius 1 is 1.08 bits per heavy atom. The molecule has 1 aromatic rings. The molecule has 0 saturated heterocycles. The Morgan fingerprint density at radius 2 is 1.72 bits per heavy atom. The number of methoxy groups -OCH3 is 1. The first kappa shape index (κ1) is 29.9. The number of carboxylic acid groups (broad SMARTS) is 1. The standard InChI is InChI=1S/C27H40ClNO7/c1-26(2,3)36-24(32)19(11-15-34-4)18-27(13-5-6-14-27)25(33)29-21(17-23(30)31)12-16-35-22-9-7-20(28)8-10-22/h7-10,19,21H,5-6,11-18H2,1-4H3,(H,29,33)(H,30,31)/t19-,21-/m1/s1. The topological polar surface area (TPSA) is 111 Å². The minimum Gasteiger partial charge on any atom is -0.494 e. The van der Waals surface area contributed by atoms with E-state index in [-0.39, 0.29) is 24.9 Å². The summed E-state index contributed by atoms with van der Waals surface area (Å²) in [5.41, 5.74) is -1.38. The van der Waals surface area contributed by atoms with E-state index in [2.05, 4.69) is 5.32 Å². The van der Waals surface area contributed by atoms with Crippen LogP contribution in [0.2, 0.25) is 5.02 Å². The van der Waals surface area contributed by atoms with Crippen LogP contribution in [0, 0.1) is 11.3 Å². The zero-order valence-corrected chi connectivity index (χ0v) is 22.6. The fourth-order valence-electron chi connectivity index (χ4n) is 4.62. The quantitative estimate of drug-likeness (QED) is 0.328. The fourth-order valence-corrected chi connectivity index (χ4v) is 4.75. The molecule has 1 saturated carbocycles. The van der Waals surface area contributed by atoms with Crippen LogP contribution in [-0.4, -0.2) is 54.9 Å². The third kappa shape index (κ3) is 9.97. The molecule has 0 aromatic heterocycles. The number of nitrogens with one attached hydrogen (secondary N) is 1. The van der Waals surface area contributed by atoms with E-state index in [0.29, 0.717) is 49.5 Å². The molecule has 0 spiro atoms. The van der Waals surface area contributed by atoms with Crippen molar-refractivity contribution in [2.24, 2.45) is 11.3 Å². The van der Waals surface area contributed by atoms with E-state index in [1.165, 1.54) is 0 Å². The predicted molar refractivity (Wildman–Crippen MR) is 137 cm³/mol. The average Bonchev–Trinajstić information content (AvgIpc) is 3.26. The first-order valence-corrected chi connectivity index (χ1v) is 12.9. The van der Waals surface area contributed by atoms with Crippen molar-refractivity contribution in [2.45, 2.75) is 83.8 Å². The van der Waals surface area contributed by atoms with Crippen molar-refractivity contribution in [2.75, 3.05) is 20.3 Å². The number of carboxylic acids is 1. The van der Waals surface area contributed by atoms with Crippen molar-refractivity contribution in [3.63, 3.8) is 0 Å². The summed E-state index contributed by atoms with van der Waals surface area (Å²) < 4.78 is 16.6. The molecule has 202 valence electrons. The number of amides is 1. The Labute approximate surface area is 219 Å². The van der Waals surface area contributed by atoms with Crippen LogP contribution in [0.15, 0.2) is 24.3 Å². The number of halogens is 1. The lowest BCUT2D eigenvalue weighted by molar-refractivity contribution is -0.162. The number of carbonyl (C=O) groups is 3. The van der Waals surface area contributed by atoms with Crippen molar-refractivity contribution in [3.05, 3.63) is 29.3 Å². The first-order chi connectivity index (χ1) is 16.9. The highest BCUT2D eigenvalue weighted by Gasteiger charge is 2.45. The maximum atomic E-state index is 13.6. The van der Waals surface area contributed by atoms with Crippen molar-refractivity contribution >= 4 is 29.4 Å². The maximum absolute atomic E-state index is 13.6. The van der Waals surface area contributed by atoms with Crippen LogP contribution in [0.25, 0.3) is 0 Å². The summed E-state index contributed by atoms with van der Waals surface area (Å²) in [6.07, 6.45) is 3.95. The van der Waals surface area contributed by atoms with Gasteiger partial charge in [-0.25, -0.2) is 0 Å². The second-order valence-electron chi connectivity index (χ2n) is 10.6. The number of benzene rings is 1. The van der Waals surface area contributed by atoms with Crippen LogP contribution in [0.4, 0.5) is 0 Å². The van der Waals surface area contributed by atoms with Crippen LogP contribution < -0.4 is 10.1 Å².